The monoisotopic (exact) mass is 877 g/mol. The summed E-state index contributed by atoms with van der Waals surface area (Å²) in [7, 11) is 0. The highest BCUT2D eigenvalue weighted by Gasteiger charge is 2.27. The van der Waals surface area contributed by atoms with Gasteiger partial charge in [-0.1, -0.05) is 191 Å². The van der Waals surface area contributed by atoms with Crippen LogP contribution in [0.15, 0.2) is 176 Å². The van der Waals surface area contributed by atoms with Crippen LogP contribution in [0.1, 0.15) is 104 Å². The predicted molar refractivity (Wildman–Crippen MR) is 282 cm³/mol. The van der Waals surface area contributed by atoms with E-state index in [1.807, 2.05) is 18.3 Å². The smallest absolute Gasteiger partial charge is 0.149 e. The van der Waals surface area contributed by atoms with Crippen LogP contribution >= 0.6 is 0 Å². The Morgan fingerprint density at radius 3 is 1.66 bits per heavy atom. The highest BCUT2D eigenvalue weighted by molar-refractivity contribution is 5.98. The fourth-order valence-corrected chi connectivity index (χ4v) is 9.23. The van der Waals surface area contributed by atoms with Gasteiger partial charge in [-0.05, 0) is 121 Å². The molecule has 7 aromatic carbocycles. The number of nitrogens with zero attached hydrogens (tertiary/aromatic N) is 3. The molecule has 2 heterocycles. The van der Waals surface area contributed by atoms with E-state index < -0.39 is 0 Å². The van der Waals surface area contributed by atoms with Gasteiger partial charge in [-0.3, -0.25) is 9.55 Å². The Labute approximate surface area is 398 Å². The Hall–Kier alpha value is -7.04. The van der Waals surface area contributed by atoms with Crippen molar-refractivity contribution in [1.29, 1.82) is 0 Å². The lowest BCUT2D eigenvalue weighted by Crippen LogP contribution is -2.18. The van der Waals surface area contributed by atoms with E-state index in [0.717, 1.165) is 66.9 Å². The number of aromatic nitrogens is 3. The Balaban J connectivity index is 1.26. The lowest BCUT2D eigenvalue weighted by atomic mass is 9.77. The van der Waals surface area contributed by atoms with Gasteiger partial charge in [0.05, 0.1) is 28.0 Å². The predicted octanol–water partition coefficient (Wildman–Crippen LogP) is 16.7. The minimum atomic E-state index is -0.163. The van der Waals surface area contributed by atoms with Gasteiger partial charge in [-0.15, -0.1) is 0 Å². The minimum absolute atomic E-state index is 0.0676. The van der Waals surface area contributed by atoms with Crippen molar-refractivity contribution >= 4 is 11.0 Å². The van der Waals surface area contributed by atoms with E-state index in [1.165, 1.54) is 22.3 Å². The average Bonchev–Trinajstić information content (AvgIpc) is 3.70. The topological polar surface area (TPSA) is 50.9 Å². The molecule has 2 aromatic heterocycles. The van der Waals surface area contributed by atoms with Crippen LogP contribution in [0.3, 0.4) is 0 Å². The summed E-state index contributed by atoms with van der Waals surface area (Å²) in [4.78, 5) is 10.6. The second-order valence-electron chi connectivity index (χ2n) is 21.8. The van der Waals surface area contributed by atoms with Crippen LogP contribution in [0, 0.1) is 0 Å². The van der Waals surface area contributed by atoms with Crippen molar-refractivity contribution < 1.29 is 5.11 Å². The fourth-order valence-electron chi connectivity index (χ4n) is 9.23. The van der Waals surface area contributed by atoms with Crippen molar-refractivity contribution in [1.82, 2.24) is 14.5 Å². The highest BCUT2D eigenvalue weighted by Crippen LogP contribution is 2.44. The summed E-state index contributed by atoms with van der Waals surface area (Å²) in [5, 5.41) is 11.8. The zero-order chi connectivity index (χ0) is 47.5. The van der Waals surface area contributed by atoms with E-state index in [-0.39, 0.29) is 27.4 Å². The number of hydrogen-bond donors (Lipinski definition) is 1. The number of pyridine rings is 1. The number of fused-ring (bicyclic) bond motifs is 1. The van der Waals surface area contributed by atoms with E-state index in [2.05, 4.69) is 238 Å². The molecule has 0 aliphatic rings. The lowest BCUT2D eigenvalue weighted by molar-refractivity contribution is 0.475. The first-order chi connectivity index (χ1) is 31.8. The van der Waals surface area contributed by atoms with Crippen LogP contribution in [-0.4, -0.2) is 19.6 Å². The second-order valence-corrected chi connectivity index (χ2v) is 21.8. The molecule has 4 nitrogen and oxygen atoms in total. The molecule has 9 aromatic rings. The molecule has 0 aliphatic heterocycles. The number of rotatable bonds is 8. The second kappa shape index (κ2) is 17.0. The maximum absolute atomic E-state index is 11.8. The summed E-state index contributed by atoms with van der Waals surface area (Å²) in [6.45, 7) is 24.8. The van der Waals surface area contributed by atoms with E-state index in [4.69, 9.17) is 9.97 Å². The molecule has 0 radical (unpaired) electrons. The first kappa shape index (κ1) is 45.1. The fraction of sp³-hybridized carbons (Fsp3) is 0.238. The number of hydrogen-bond acceptors (Lipinski definition) is 3. The SMILES string of the molecule is CC(C)(C)c1cc(-c2cc(-c3cccc(C(C)(C)c4ccccc4)c3)ccn2)cc(-c2cccc3c2nc(-c2cc(C(C)(C)C)ccc2O)n3-c2ccc(C(C)(C)C)cc2-c2ccccc2)c1. The van der Waals surface area contributed by atoms with Crippen molar-refractivity contribution in [3.8, 4) is 67.5 Å². The van der Waals surface area contributed by atoms with Crippen molar-refractivity contribution in [2.45, 2.75) is 97.8 Å². The van der Waals surface area contributed by atoms with Gasteiger partial charge in [0.25, 0.3) is 0 Å². The third-order valence-electron chi connectivity index (χ3n) is 13.6. The maximum Gasteiger partial charge on any atom is 0.149 e. The number of benzene rings is 7. The molecule has 67 heavy (non-hydrogen) atoms. The Kier molecular flexibility index (Phi) is 11.4. The summed E-state index contributed by atoms with van der Waals surface area (Å²) in [6.07, 6.45) is 1.94. The first-order valence-corrected chi connectivity index (χ1v) is 23.6. The van der Waals surface area contributed by atoms with Crippen molar-refractivity contribution in [3.05, 3.63) is 204 Å². The van der Waals surface area contributed by atoms with E-state index in [0.29, 0.717) is 11.4 Å². The summed E-state index contributed by atoms with van der Waals surface area (Å²) >= 11 is 0. The van der Waals surface area contributed by atoms with Gasteiger partial charge in [0, 0.05) is 28.3 Å². The normalized spacial score (nSPS) is 12.5. The third kappa shape index (κ3) is 8.86. The summed E-state index contributed by atoms with van der Waals surface area (Å²) in [6, 6.07) is 60.8. The van der Waals surface area contributed by atoms with Gasteiger partial charge >= 0.3 is 0 Å². The molecule has 0 fully saturated rings. The Morgan fingerprint density at radius 1 is 0.403 bits per heavy atom. The molecule has 0 bridgehead atoms. The van der Waals surface area contributed by atoms with Crippen molar-refractivity contribution in [2.24, 2.45) is 0 Å². The highest BCUT2D eigenvalue weighted by atomic mass is 16.3. The first-order valence-electron chi connectivity index (χ1n) is 23.6. The molecular formula is C63H63N3O. The number of phenols is 1. The molecule has 9 rings (SSSR count). The third-order valence-corrected chi connectivity index (χ3v) is 13.6. The molecule has 0 spiro atoms. The van der Waals surface area contributed by atoms with Gasteiger partial charge in [0.15, 0.2) is 0 Å². The molecule has 0 atom stereocenters. The van der Waals surface area contributed by atoms with Crippen LogP contribution in [0.4, 0.5) is 0 Å². The summed E-state index contributed by atoms with van der Waals surface area (Å²) in [5.41, 5.74) is 17.6. The van der Waals surface area contributed by atoms with Gasteiger partial charge in [-0.25, -0.2) is 4.98 Å². The van der Waals surface area contributed by atoms with Crippen molar-refractivity contribution in [2.75, 3.05) is 0 Å². The Bertz CT molecular complexity index is 3260. The zero-order valence-electron chi connectivity index (χ0n) is 41.0. The summed E-state index contributed by atoms with van der Waals surface area (Å²) < 4.78 is 2.27. The zero-order valence-corrected chi connectivity index (χ0v) is 41.0. The Morgan fingerprint density at radius 2 is 0.970 bits per heavy atom. The van der Waals surface area contributed by atoms with Crippen LogP contribution in [-0.2, 0) is 21.7 Å². The van der Waals surface area contributed by atoms with Crippen LogP contribution in [0.25, 0.3) is 72.7 Å². The quantitative estimate of drug-likeness (QED) is 0.165. The molecule has 0 saturated heterocycles. The number of para-hydroxylation sites is 1. The standard InChI is InChI=1S/C63H63N3O/c1-60(2,3)47-28-30-55(52(39-47)41-20-14-12-15-21-41)66-56-27-19-26-51(58(56)65-59(66)53-40-48(61(4,5)6)29-31-57(53)67)44-34-45(37-50(36-44)62(7,8)9)54-38-43(32-33-64-54)42-22-18-25-49(35-42)63(10,11)46-23-16-13-17-24-46/h12-40,67H,1-11H3. The van der Waals surface area contributed by atoms with E-state index in [1.54, 1.807) is 0 Å². The molecule has 0 aliphatic carbocycles. The molecule has 1 N–H and O–H groups in total. The molecule has 0 amide bonds. The van der Waals surface area contributed by atoms with Crippen LogP contribution in [0.2, 0.25) is 0 Å². The molecule has 0 unspecified atom stereocenters. The van der Waals surface area contributed by atoms with E-state index in [9.17, 15) is 5.11 Å². The van der Waals surface area contributed by atoms with Crippen LogP contribution < -0.4 is 0 Å². The number of aromatic hydroxyl groups is 1. The molecule has 4 heteroatoms. The van der Waals surface area contributed by atoms with Crippen molar-refractivity contribution in [3.63, 3.8) is 0 Å². The molecule has 336 valence electrons. The van der Waals surface area contributed by atoms with Gasteiger partial charge in [0.1, 0.15) is 11.6 Å². The lowest BCUT2D eigenvalue weighted by Gasteiger charge is -2.26. The van der Waals surface area contributed by atoms with E-state index >= 15 is 0 Å². The average molecular weight is 878 g/mol. The summed E-state index contributed by atoms with van der Waals surface area (Å²) in [5.74, 6) is 0.877. The van der Waals surface area contributed by atoms with Gasteiger partial charge in [0.2, 0.25) is 0 Å². The maximum atomic E-state index is 11.8. The number of phenolic OH excluding ortho intramolecular Hbond substituents is 1. The number of imidazole rings is 1. The minimum Gasteiger partial charge on any atom is -0.507 e. The van der Waals surface area contributed by atoms with Gasteiger partial charge < -0.3 is 5.11 Å². The molecule has 0 saturated carbocycles. The van der Waals surface area contributed by atoms with Crippen LogP contribution in [0.5, 0.6) is 5.75 Å². The molecular weight excluding hydrogens is 815 g/mol. The van der Waals surface area contributed by atoms with Gasteiger partial charge in [-0.2, -0.15) is 0 Å². The largest absolute Gasteiger partial charge is 0.507 e.